The summed E-state index contributed by atoms with van der Waals surface area (Å²) >= 11 is 11.8. The molecule has 3 nitrogen and oxygen atoms in total. The topological polar surface area (TPSA) is 46.5 Å². The summed E-state index contributed by atoms with van der Waals surface area (Å²) in [5, 5.41) is 10.2. The summed E-state index contributed by atoms with van der Waals surface area (Å²) in [5.74, 6) is 0.351. The Balaban J connectivity index is 1.99. The standard InChI is InChI=1S/C15H8Cl2O3/c16-11-4-1-8(5-12(11)17)6-14-15(19)10-3-2-9(18)7-13(10)20-14/h1-7,18H/b14-6-. The quantitative estimate of drug-likeness (QED) is 0.798. The molecule has 1 aliphatic heterocycles. The first-order chi connectivity index (χ1) is 9.54. The minimum atomic E-state index is -0.230. The van der Waals surface area contributed by atoms with Crippen molar-refractivity contribution in [1.82, 2.24) is 0 Å². The first kappa shape index (κ1) is 13.0. The SMILES string of the molecule is O=C1/C(=C/c2ccc(Cl)c(Cl)c2)Oc2cc(O)ccc21. The van der Waals surface area contributed by atoms with Crippen LogP contribution in [0.1, 0.15) is 15.9 Å². The molecule has 20 heavy (non-hydrogen) atoms. The van der Waals surface area contributed by atoms with Crippen LogP contribution in [-0.4, -0.2) is 10.9 Å². The van der Waals surface area contributed by atoms with Crippen LogP contribution in [0.25, 0.3) is 6.08 Å². The van der Waals surface area contributed by atoms with Crippen LogP contribution in [0.2, 0.25) is 10.0 Å². The maximum absolute atomic E-state index is 12.1. The zero-order valence-corrected chi connectivity index (χ0v) is 11.6. The molecular formula is C15H8Cl2O3. The molecule has 0 fully saturated rings. The second-order valence-electron chi connectivity index (χ2n) is 4.29. The highest BCUT2D eigenvalue weighted by Crippen LogP contribution is 2.34. The van der Waals surface area contributed by atoms with E-state index in [9.17, 15) is 9.90 Å². The number of phenolic OH excluding ortho intramolecular Hbond substituents is 1. The van der Waals surface area contributed by atoms with Crippen molar-refractivity contribution >= 4 is 35.1 Å². The number of halogens is 2. The minimum absolute atomic E-state index is 0.0485. The van der Waals surface area contributed by atoms with Gasteiger partial charge in [0.15, 0.2) is 5.76 Å². The lowest BCUT2D eigenvalue weighted by molar-refractivity contribution is 0.101. The predicted octanol–water partition coefficient (Wildman–Crippen LogP) is 4.32. The first-order valence-electron chi connectivity index (χ1n) is 5.77. The van der Waals surface area contributed by atoms with E-state index < -0.39 is 0 Å². The summed E-state index contributed by atoms with van der Waals surface area (Å²) in [6, 6.07) is 9.41. The summed E-state index contributed by atoms with van der Waals surface area (Å²) in [6.45, 7) is 0. The van der Waals surface area contributed by atoms with E-state index in [0.717, 1.165) is 0 Å². The molecule has 3 rings (SSSR count). The Morgan fingerprint density at radius 2 is 1.85 bits per heavy atom. The van der Waals surface area contributed by atoms with Gasteiger partial charge in [-0.05, 0) is 35.9 Å². The normalized spacial score (nSPS) is 15.3. The van der Waals surface area contributed by atoms with E-state index in [1.807, 2.05) is 0 Å². The average molecular weight is 307 g/mol. The zero-order chi connectivity index (χ0) is 14.3. The number of phenols is 1. The Hall–Kier alpha value is -1.97. The fourth-order valence-corrected chi connectivity index (χ4v) is 2.24. The number of ketones is 1. The van der Waals surface area contributed by atoms with E-state index in [1.54, 1.807) is 24.3 Å². The van der Waals surface area contributed by atoms with Crippen molar-refractivity contribution in [1.29, 1.82) is 0 Å². The Labute approximate surface area is 125 Å². The van der Waals surface area contributed by atoms with Crippen LogP contribution in [0.15, 0.2) is 42.2 Å². The lowest BCUT2D eigenvalue weighted by Crippen LogP contribution is -1.97. The first-order valence-corrected chi connectivity index (χ1v) is 6.52. The third-order valence-corrected chi connectivity index (χ3v) is 3.63. The van der Waals surface area contributed by atoms with Crippen molar-refractivity contribution in [2.45, 2.75) is 0 Å². The fraction of sp³-hybridized carbons (Fsp3) is 0. The molecule has 0 amide bonds. The molecule has 0 spiro atoms. The van der Waals surface area contributed by atoms with E-state index in [-0.39, 0.29) is 17.3 Å². The summed E-state index contributed by atoms with van der Waals surface area (Å²) in [6.07, 6.45) is 1.58. The van der Waals surface area contributed by atoms with Gasteiger partial charge in [0, 0.05) is 6.07 Å². The molecule has 0 unspecified atom stereocenters. The van der Waals surface area contributed by atoms with Gasteiger partial charge in [-0.2, -0.15) is 0 Å². The number of aromatic hydroxyl groups is 1. The largest absolute Gasteiger partial charge is 0.508 e. The number of carbonyl (C=O) groups is 1. The highest BCUT2D eigenvalue weighted by molar-refractivity contribution is 6.42. The number of benzene rings is 2. The smallest absolute Gasteiger partial charge is 0.231 e. The molecule has 0 aliphatic carbocycles. The Kier molecular flexibility index (Phi) is 3.16. The highest BCUT2D eigenvalue weighted by Gasteiger charge is 2.27. The number of hydrogen-bond donors (Lipinski definition) is 1. The van der Waals surface area contributed by atoms with E-state index in [1.165, 1.54) is 18.2 Å². The van der Waals surface area contributed by atoms with E-state index in [2.05, 4.69) is 0 Å². The molecule has 2 aromatic rings. The zero-order valence-electron chi connectivity index (χ0n) is 10.1. The van der Waals surface area contributed by atoms with E-state index in [0.29, 0.717) is 26.9 Å². The molecule has 0 bridgehead atoms. The second kappa shape index (κ2) is 4.85. The van der Waals surface area contributed by atoms with Gasteiger partial charge in [0.1, 0.15) is 11.5 Å². The van der Waals surface area contributed by atoms with Crippen molar-refractivity contribution in [3.63, 3.8) is 0 Å². The van der Waals surface area contributed by atoms with Crippen LogP contribution in [0, 0.1) is 0 Å². The van der Waals surface area contributed by atoms with Crippen molar-refractivity contribution in [2.24, 2.45) is 0 Å². The van der Waals surface area contributed by atoms with E-state index in [4.69, 9.17) is 27.9 Å². The lowest BCUT2D eigenvalue weighted by Gasteiger charge is -2.00. The van der Waals surface area contributed by atoms with Gasteiger partial charge in [-0.25, -0.2) is 0 Å². The van der Waals surface area contributed by atoms with Gasteiger partial charge in [0.25, 0.3) is 0 Å². The molecule has 100 valence electrons. The monoisotopic (exact) mass is 306 g/mol. The Bertz CT molecular complexity index is 751. The summed E-state index contributed by atoms with van der Waals surface area (Å²) in [7, 11) is 0. The van der Waals surface area contributed by atoms with E-state index >= 15 is 0 Å². The lowest BCUT2D eigenvalue weighted by atomic mass is 10.1. The molecule has 0 aromatic heterocycles. The minimum Gasteiger partial charge on any atom is -0.508 e. The van der Waals surface area contributed by atoms with Crippen LogP contribution in [0.3, 0.4) is 0 Å². The average Bonchev–Trinajstić information content (AvgIpc) is 2.70. The van der Waals surface area contributed by atoms with Crippen molar-refractivity contribution < 1.29 is 14.6 Å². The van der Waals surface area contributed by atoms with Crippen molar-refractivity contribution in [3.05, 3.63) is 63.3 Å². The molecule has 0 saturated carbocycles. The summed E-state index contributed by atoms with van der Waals surface area (Å²) in [4.78, 5) is 12.1. The van der Waals surface area contributed by atoms with Crippen LogP contribution < -0.4 is 4.74 Å². The number of carbonyl (C=O) groups excluding carboxylic acids is 1. The predicted molar refractivity (Wildman–Crippen MR) is 77.5 cm³/mol. The van der Waals surface area contributed by atoms with Gasteiger partial charge in [0.05, 0.1) is 15.6 Å². The number of ether oxygens (including phenoxy) is 1. The second-order valence-corrected chi connectivity index (χ2v) is 5.11. The molecule has 1 heterocycles. The number of rotatable bonds is 1. The Morgan fingerprint density at radius 3 is 2.60 bits per heavy atom. The molecular weight excluding hydrogens is 299 g/mol. The number of allylic oxidation sites excluding steroid dienone is 1. The Morgan fingerprint density at radius 1 is 1.05 bits per heavy atom. The van der Waals surface area contributed by atoms with Gasteiger partial charge in [-0.3, -0.25) is 4.79 Å². The van der Waals surface area contributed by atoms with Gasteiger partial charge in [0.2, 0.25) is 5.78 Å². The van der Waals surface area contributed by atoms with Crippen molar-refractivity contribution in [2.75, 3.05) is 0 Å². The molecule has 0 radical (unpaired) electrons. The maximum atomic E-state index is 12.1. The van der Waals surface area contributed by atoms with Gasteiger partial charge < -0.3 is 9.84 Å². The molecule has 1 aliphatic rings. The third kappa shape index (κ3) is 2.26. The number of fused-ring (bicyclic) bond motifs is 1. The third-order valence-electron chi connectivity index (χ3n) is 2.89. The van der Waals surface area contributed by atoms with Gasteiger partial charge in [-0.15, -0.1) is 0 Å². The molecule has 1 N–H and O–H groups in total. The van der Waals surface area contributed by atoms with Crippen LogP contribution in [0.4, 0.5) is 0 Å². The van der Waals surface area contributed by atoms with Crippen LogP contribution in [0.5, 0.6) is 11.5 Å². The van der Waals surface area contributed by atoms with Crippen LogP contribution >= 0.6 is 23.2 Å². The number of hydrogen-bond acceptors (Lipinski definition) is 3. The van der Waals surface area contributed by atoms with Gasteiger partial charge >= 0.3 is 0 Å². The van der Waals surface area contributed by atoms with Crippen LogP contribution in [-0.2, 0) is 0 Å². The highest BCUT2D eigenvalue weighted by atomic mass is 35.5. The van der Waals surface area contributed by atoms with Crippen molar-refractivity contribution in [3.8, 4) is 11.5 Å². The molecule has 2 aromatic carbocycles. The number of Topliss-reactive ketones (excluding diaryl/α,β-unsaturated/α-hetero) is 1. The maximum Gasteiger partial charge on any atom is 0.231 e. The molecule has 5 heteroatoms. The molecule has 0 atom stereocenters. The summed E-state index contributed by atoms with van der Waals surface area (Å²) < 4.78 is 5.45. The summed E-state index contributed by atoms with van der Waals surface area (Å²) in [5.41, 5.74) is 1.13. The van der Waals surface area contributed by atoms with Gasteiger partial charge in [-0.1, -0.05) is 29.3 Å². The fourth-order valence-electron chi connectivity index (χ4n) is 1.93. The molecule has 0 saturated heterocycles.